The fourth-order valence-electron chi connectivity index (χ4n) is 3.03. The lowest BCUT2D eigenvalue weighted by Gasteiger charge is -2.16. The first-order valence-corrected chi connectivity index (χ1v) is 8.01. The zero-order valence-corrected chi connectivity index (χ0v) is 13.5. The van der Waals surface area contributed by atoms with Crippen LogP contribution in [0.25, 0.3) is 11.1 Å². The van der Waals surface area contributed by atoms with E-state index in [1.165, 1.54) is 16.7 Å². The van der Waals surface area contributed by atoms with Crippen LogP contribution >= 0.6 is 0 Å². The number of fused-ring (bicyclic) bond motifs is 1. The van der Waals surface area contributed by atoms with E-state index in [9.17, 15) is 4.79 Å². The third-order valence-corrected chi connectivity index (χ3v) is 4.47. The highest BCUT2D eigenvalue weighted by Crippen LogP contribution is 2.37. The molecule has 0 spiro atoms. The van der Waals surface area contributed by atoms with E-state index in [0.717, 1.165) is 41.9 Å². The number of carbonyl (C=O) groups excluding carboxylic acids is 1. The van der Waals surface area contributed by atoms with Gasteiger partial charge in [0.05, 0.1) is 6.61 Å². The van der Waals surface area contributed by atoms with Crippen molar-refractivity contribution in [3.05, 3.63) is 52.6 Å². The highest BCUT2D eigenvalue weighted by molar-refractivity contribution is 6.01. The van der Waals surface area contributed by atoms with E-state index >= 15 is 0 Å². The molecule has 0 heterocycles. The number of rotatable bonds is 4. The minimum Gasteiger partial charge on any atom is -0.493 e. The van der Waals surface area contributed by atoms with Crippen LogP contribution in [0.3, 0.4) is 0 Å². The van der Waals surface area contributed by atoms with Crippen LogP contribution in [0, 0.1) is 13.8 Å². The van der Waals surface area contributed by atoms with E-state index in [2.05, 4.69) is 39.0 Å². The molecule has 2 aromatic rings. The molecule has 0 aliphatic heterocycles. The smallest absolute Gasteiger partial charge is 0.163 e. The number of ether oxygens (including phenoxy) is 1. The summed E-state index contributed by atoms with van der Waals surface area (Å²) in [6.07, 6.45) is 2.49. The summed E-state index contributed by atoms with van der Waals surface area (Å²) in [5, 5.41) is 0. The Balaban J connectivity index is 2.08. The van der Waals surface area contributed by atoms with Crippen molar-refractivity contribution in [2.45, 2.75) is 40.0 Å². The average Bonchev–Trinajstić information content (AvgIpc) is 2.89. The Morgan fingerprint density at radius 3 is 2.59 bits per heavy atom. The molecule has 0 bridgehead atoms. The van der Waals surface area contributed by atoms with Crippen molar-refractivity contribution in [2.24, 2.45) is 0 Å². The molecule has 0 fully saturated rings. The van der Waals surface area contributed by atoms with Crippen molar-refractivity contribution in [1.29, 1.82) is 0 Å². The second-order valence-corrected chi connectivity index (χ2v) is 6.03. The molecule has 0 radical (unpaired) electrons. The lowest BCUT2D eigenvalue weighted by Crippen LogP contribution is -2.01. The van der Waals surface area contributed by atoms with Gasteiger partial charge >= 0.3 is 0 Å². The van der Waals surface area contributed by atoms with Gasteiger partial charge in [0.2, 0.25) is 0 Å². The fraction of sp³-hybridized carbons (Fsp3) is 0.350. The minimum absolute atomic E-state index is 0.268. The predicted octanol–water partition coefficient (Wildman–Crippen LogP) is 4.89. The van der Waals surface area contributed by atoms with Gasteiger partial charge in [0, 0.05) is 17.5 Å². The van der Waals surface area contributed by atoms with Gasteiger partial charge < -0.3 is 4.74 Å². The number of benzene rings is 2. The van der Waals surface area contributed by atoms with Crippen LogP contribution in [0.1, 0.15) is 46.8 Å². The van der Waals surface area contributed by atoms with E-state index in [0.29, 0.717) is 6.42 Å². The molecule has 1 aliphatic carbocycles. The molecule has 2 aromatic carbocycles. The van der Waals surface area contributed by atoms with Gasteiger partial charge in [0.1, 0.15) is 5.75 Å². The Kier molecular flexibility index (Phi) is 4.02. The lowest BCUT2D eigenvalue weighted by molar-refractivity contribution is 0.0994. The van der Waals surface area contributed by atoms with E-state index in [4.69, 9.17) is 4.74 Å². The fourth-order valence-corrected chi connectivity index (χ4v) is 3.03. The second kappa shape index (κ2) is 5.96. The van der Waals surface area contributed by atoms with Crippen LogP contribution in [0.4, 0.5) is 0 Å². The number of aryl methyl sites for hydroxylation is 2. The Morgan fingerprint density at radius 2 is 1.82 bits per heavy atom. The Bertz CT molecular complexity index is 729. The molecule has 1 aliphatic rings. The van der Waals surface area contributed by atoms with Crippen molar-refractivity contribution in [1.82, 2.24) is 0 Å². The van der Waals surface area contributed by atoms with E-state index < -0.39 is 0 Å². The molecular weight excluding hydrogens is 272 g/mol. The molecule has 0 unspecified atom stereocenters. The number of hydrogen-bond acceptors (Lipinski definition) is 2. The molecule has 2 nitrogen and oxygen atoms in total. The first-order chi connectivity index (χ1) is 10.6. The molecule has 22 heavy (non-hydrogen) atoms. The van der Waals surface area contributed by atoms with Crippen LogP contribution in [-0.2, 0) is 6.42 Å². The quantitative estimate of drug-likeness (QED) is 0.802. The summed E-state index contributed by atoms with van der Waals surface area (Å²) in [5.74, 6) is 1.25. The first-order valence-electron chi connectivity index (χ1n) is 8.01. The molecule has 0 saturated heterocycles. The van der Waals surface area contributed by atoms with E-state index in [1.807, 2.05) is 12.1 Å². The van der Waals surface area contributed by atoms with Crippen molar-refractivity contribution >= 4 is 5.78 Å². The molecular formula is C20H22O2. The van der Waals surface area contributed by atoms with Crippen LogP contribution in [0.2, 0.25) is 0 Å². The third-order valence-electron chi connectivity index (χ3n) is 4.47. The lowest BCUT2D eigenvalue weighted by atomic mass is 9.96. The molecule has 3 rings (SSSR count). The largest absolute Gasteiger partial charge is 0.493 e. The SMILES string of the molecule is CCCOc1c(-c2ccc3c(c2)CCC3=O)ccc(C)c1C. The van der Waals surface area contributed by atoms with Gasteiger partial charge in [0.25, 0.3) is 0 Å². The third kappa shape index (κ3) is 2.54. The summed E-state index contributed by atoms with van der Waals surface area (Å²) in [6, 6.07) is 10.4. The van der Waals surface area contributed by atoms with Gasteiger partial charge in [0.15, 0.2) is 5.78 Å². The Hall–Kier alpha value is -2.09. The molecule has 0 saturated carbocycles. The van der Waals surface area contributed by atoms with Crippen LogP contribution in [0.15, 0.2) is 30.3 Å². The Labute approximate surface area is 132 Å². The maximum atomic E-state index is 11.8. The van der Waals surface area contributed by atoms with Crippen molar-refractivity contribution in [2.75, 3.05) is 6.61 Å². The molecule has 0 amide bonds. The monoisotopic (exact) mass is 294 g/mol. The number of Topliss-reactive ketones (excluding diaryl/α,β-unsaturated/α-hetero) is 1. The van der Waals surface area contributed by atoms with Crippen molar-refractivity contribution < 1.29 is 9.53 Å². The standard InChI is InChI=1S/C20H22O2/c1-4-11-22-20-14(3)13(2)5-8-18(20)16-6-9-17-15(12-16)7-10-19(17)21/h5-6,8-9,12H,4,7,10-11H2,1-3H3. The molecule has 0 atom stereocenters. The second-order valence-electron chi connectivity index (χ2n) is 6.03. The van der Waals surface area contributed by atoms with Crippen molar-refractivity contribution in [3.63, 3.8) is 0 Å². The van der Waals surface area contributed by atoms with Crippen molar-refractivity contribution in [3.8, 4) is 16.9 Å². The summed E-state index contributed by atoms with van der Waals surface area (Å²) >= 11 is 0. The maximum absolute atomic E-state index is 11.8. The molecule has 114 valence electrons. The summed E-state index contributed by atoms with van der Waals surface area (Å²) in [7, 11) is 0. The van der Waals surface area contributed by atoms with Crippen LogP contribution in [-0.4, -0.2) is 12.4 Å². The van der Waals surface area contributed by atoms with Gasteiger partial charge in [-0.2, -0.15) is 0 Å². The molecule has 0 N–H and O–H groups in total. The highest BCUT2D eigenvalue weighted by atomic mass is 16.5. The van der Waals surface area contributed by atoms with E-state index in [1.54, 1.807) is 0 Å². The topological polar surface area (TPSA) is 26.3 Å². The number of carbonyl (C=O) groups is 1. The van der Waals surface area contributed by atoms with Gasteiger partial charge in [-0.15, -0.1) is 0 Å². The highest BCUT2D eigenvalue weighted by Gasteiger charge is 2.20. The first kappa shape index (κ1) is 14.8. The van der Waals surface area contributed by atoms with Crippen LogP contribution in [0.5, 0.6) is 5.75 Å². The van der Waals surface area contributed by atoms with Gasteiger partial charge in [-0.3, -0.25) is 4.79 Å². The van der Waals surface area contributed by atoms with Crippen LogP contribution < -0.4 is 4.74 Å². The molecule has 2 heteroatoms. The summed E-state index contributed by atoms with van der Waals surface area (Å²) < 4.78 is 6.03. The summed E-state index contributed by atoms with van der Waals surface area (Å²) in [6.45, 7) is 7.06. The normalized spacial score (nSPS) is 13.3. The molecule has 0 aromatic heterocycles. The minimum atomic E-state index is 0.268. The Morgan fingerprint density at radius 1 is 1.05 bits per heavy atom. The summed E-state index contributed by atoms with van der Waals surface area (Å²) in [5.41, 5.74) is 6.76. The van der Waals surface area contributed by atoms with Gasteiger partial charge in [-0.05, 0) is 48.9 Å². The zero-order valence-electron chi connectivity index (χ0n) is 13.5. The maximum Gasteiger partial charge on any atom is 0.163 e. The number of ketones is 1. The van der Waals surface area contributed by atoms with Gasteiger partial charge in [-0.1, -0.05) is 37.3 Å². The average molecular weight is 294 g/mol. The number of hydrogen-bond donors (Lipinski definition) is 0. The predicted molar refractivity (Wildman–Crippen MR) is 89.8 cm³/mol. The van der Waals surface area contributed by atoms with E-state index in [-0.39, 0.29) is 5.78 Å². The summed E-state index contributed by atoms with van der Waals surface area (Å²) in [4.78, 5) is 11.8. The zero-order chi connectivity index (χ0) is 15.7. The van der Waals surface area contributed by atoms with Gasteiger partial charge in [-0.25, -0.2) is 0 Å².